The van der Waals surface area contributed by atoms with Gasteiger partial charge >= 0.3 is 11.4 Å². The van der Waals surface area contributed by atoms with Gasteiger partial charge in [-0.15, -0.1) is 0 Å². The minimum atomic E-state index is -0.409. The van der Waals surface area contributed by atoms with Gasteiger partial charge in [0.1, 0.15) is 0 Å². The van der Waals surface area contributed by atoms with Crippen molar-refractivity contribution in [2.75, 3.05) is 0 Å². The lowest BCUT2D eigenvalue weighted by Gasteiger charge is -2.39. The molecule has 6 nitrogen and oxygen atoms in total. The number of benzene rings is 2. The highest BCUT2D eigenvalue weighted by molar-refractivity contribution is 5.65. The van der Waals surface area contributed by atoms with Gasteiger partial charge in [-0.05, 0) is 49.3 Å². The van der Waals surface area contributed by atoms with E-state index < -0.39 is 5.41 Å². The van der Waals surface area contributed by atoms with Crippen LogP contribution < -0.4 is 10.2 Å². The Kier molecular flexibility index (Phi) is 4.52. The molecule has 1 aliphatic carbocycles. The van der Waals surface area contributed by atoms with E-state index in [2.05, 4.69) is 9.95 Å². The molecule has 0 aromatic heterocycles. The number of rotatable bonds is 2. The molecule has 0 bridgehead atoms. The topological polar surface area (TPSA) is 102 Å². The monoisotopic (exact) mass is 348 g/mol. The van der Waals surface area contributed by atoms with Crippen molar-refractivity contribution in [3.8, 4) is 11.5 Å². The number of aryl methyl sites for hydroxylation is 2. The fourth-order valence-electron chi connectivity index (χ4n) is 4.11. The third-order valence-electron chi connectivity index (χ3n) is 5.54. The molecule has 26 heavy (non-hydrogen) atoms. The molecule has 0 amide bonds. The van der Waals surface area contributed by atoms with Crippen LogP contribution in [0.5, 0.6) is 11.5 Å². The van der Waals surface area contributed by atoms with Crippen LogP contribution >= 0.6 is 0 Å². The summed E-state index contributed by atoms with van der Waals surface area (Å²) in [4.78, 5) is 6.31. The smallest absolute Gasteiger partial charge is 0.377 e. The molecule has 2 aromatic rings. The van der Waals surface area contributed by atoms with Gasteiger partial charge in [0.05, 0.1) is 0 Å². The Morgan fingerprint density at radius 3 is 1.58 bits per heavy atom. The lowest BCUT2D eigenvalue weighted by atomic mass is 9.64. The molecule has 0 atom stereocenters. The quantitative estimate of drug-likeness (QED) is 0.736. The van der Waals surface area contributed by atoms with Crippen molar-refractivity contribution in [3.63, 3.8) is 0 Å². The first-order valence-electron chi connectivity index (χ1n) is 8.77. The number of hydrogen-bond acceptors (Lipinski definition) is 4. The highest BCUT2D eigenvalue weighted by Gasteiger charge is 2.38. The molecule has 0 aliphatic heterocycles. The molecule has 1 fully saturated rings. The molecular formula is C20H20N4O2. The molecule has 0 heterocycles. The summed E-state index contributed by atoms with van der Waals surface area (Å²) in [7, 11) is 0. The highest BCUT2D eigenvalue weighted by atomic mass is 16.3. The Morgan fingerprint density at radius 1 is 0.769 bits per heavy atom. The van der Waals surface area contributed by atoms with Crippen molar-refractivity contribution in [1.82, 2.24) is 0 Å². The minimum Gasteiger partial charge on any atom is -0.867 e. The summed E-state index contributed by atoms with van der Waals surface area (Å²) in [5, 5.41) is 42.7. The standard InChI is InChI=1S/C20H20N4O2/c1-12-8-14(10-16(23-21)18(12)25)20(6-4-3-5-7-20)15-9-13(2)19(26)17(11-15)24-22/h8-11H,3-7H2,1-2H3. The van der Waals surface area contributed by atoms with E-state index in [4.69, 9.17) is 0 Å². The molecule has 1 aliphatic rings. The molecule has 0 N–H and O–H groups in total. The summed E-state index contributed by atoms with van der Waals surface area (Å²) in [6.07, 6.45) is 4.82. The summed E-state index contributed by atoms with van der Waals surface area (Å²) < 4.78 is 0. The lowest BCUT2D eigenvalue weighted by molar-refractivity contribution is -0.268. The van der Waals surface area contributed by atoms with Gasteiger partial charge in [0, 0.05) is 17.5 Å². The van der Waals surface area contributed by atoms with Crippen LogP contribution in [0.4, 0.5) is 11.4 Å². The first-order chi connectivity index (χ1) is 12.4. The second kappa shape index (κ2) is 6.65. The molecule has 0 unspecified atom stereocenters. The maximum Gasteiger partial charge on any atom is 0.377 e. The van der Waals surface area contributed by atoms with Gasteiger partial charge in [0.15, 0.2) is 9.95 Å². The predicted octanol–water partition coefficient (Wildman–Crippen LogP) is 4.67. The van der Waals surface area contributed by atoms with Gasteiger partial charge in [-0.3, -0.25) is 0 Å². The van der Waals surface area contributed by atoms with Crippen LogP contribution in [-0.4, -0.2) is 0 Å². The van der Waals surface area contributed by atoms with Crippen molar-refractivity contribution < 1.29 is 10.2 Å². The average molecular weight is 348 g/mol. The normalized spacial score (nSPS) is 15.8. The van der Waals surface area contributed by atoms with Crippen LogP contribution in [-0.2, 0) is 5.41 Å². The summed E-state index contributed by atoms with van der Waals surface area (Å²) in [6.45, 7) is 3.41. The summed E-state index contributed by atoms with van der Waals surface area (Å²) in [5.41, 5.74) is 2.46. The fraction of sp³-hybridized carbons (Fsp3) is 0.400. The SMILES string of the molecule is Cc1cc(C2(c3cc(C)c([O-])c([N+]#N)c3)CCCCC2)cc([N+]#N)c1[O-]. The predicted molar refractivity (Wildman–Crippen MR) is 94.6 cm³/mol. The minimum absolute atomic E-state index is 0.0224. The highest BCUT2D eigenvalue weighted by Crippen LogP contribution is 2.49. The van der Waals surface area contributed by atoms with Gasteiger partial charge in [0.25, 0.3) is 0 Å². The Morgan fingerprint density at radius 2 is 1.19 bits per heavy atom. The maximum absolute atomic E-state index is 12.1. The zero-order chi connectivity index (χ0) is 18.9. The van der Waals surface area contributed by atoms with Crippen molar-refractivity contribution >= 4 is 11.4 Å². The summed E-state index contributed by atoms with van der Waals surface area (Å²) in [5.74, 6) is -0.585. The van der Waals surface area contributed by atoms with E-state index in [9.17, 15) is 21.0 Å². The number of diazo groups is 2. The van der Waals surface area contributed by atoms with E-state index in [1.165, 1.54) is 0 Å². The Bertz CT molecular complexity index is 876. The Hall–Kier alpha value is -3.12. The average Bonchev–Trinajstić information content (AvgIpc) is 2.66. The van der Waals surface area contributed by atoms with Crippen LogP contribution in [0.15, 0.2) is 24.3 Å². The third-order valence-corrected chi connectivity index (χ3v) is 5.54. The van der Waals surface area contributed by atoms with Crippen LogP contribution in [0.25, 0.3) is 9.95 Å². The van der Waals surface area contributed by atoms with Crippen LogP contribution in [0, 0.1) is 24.6 Å². The van der Waals surface area contributed by atoms with Gasteiger partial charge in [-0.2, -0.15) is 0 Å². The third kappa shape index (κ3) is 2.74. The van der Waals surface area contributed by atoms with E-state index in [1.807, 2.05) is 12.1 Å². The van der Waals surface area contributed by atoms with Gasteiger partial charge in [-0.25, -0.2) is 0 Å². The number of hydrogen-bond donors (Lipinski definition) is 0. The van der Waals surface area contributed by atoms with Crippen LogP contribution in [0.2, 0.25) is 0 Å². The molecule has 2 aromatic carbocycles. The van der Waals surface area contributed by atoms with E-state index >= 15 is 0 Å². The van der Waals surface area contributed by atoms with E-state index in [1.54, 1.807) is 26.0 Å². The van der Waals surface area contributed by atoms with E-state index in [-0.39, 0.29) is 22.9 Å². The van der Waals surface area contributed by atoms with Crippen LogP contribution in [0.3, 0.4) is 0 Å². The first-order valence-corrected chi connectivity index (χ1v) is 8.77. The number of nitrogens with zero attached hydrogens (tertiary/aromatic N) is 4. The zero-order valence-corrected chi connectivity index (χ0v) is 15.0. The first kappa shape index (κ1) is 17.7. The van der Waals surface area contributed by atoms with Crippen molar-refractivity contribution in [2.45, 2.75) is 51.4 Å². The molecule has 0 radical (unpaired) electrons. The maximum atomic E-state index is 12.1. The molecule has 3 rings (SSSR count). The summed E-state index contributed by atoms with van der Waals surface area (Å²) in [6, 6.07) is 6.96. The van der Waals surface area contributed by atoms with Crippen molar-refractivity contribution in [2.24, 2.45) is 0 Å². The molecule has 1 saturated carbocycles. The summed E-state index contributed by atoms with van der Waals surface area (Å²) >= 11 is 0. The van der Waals surface area contributed by atoms with Gasteiger partial charge in [0.2, 0.25) is 10.8 Å². The fourth-order valence-corrected chi connectivity index (χ4v) is 4.11. The molecule has 132 valence electrons. The lowest BCUT2D eigenvalue weighted by Crippen LogP contribution is -2.31. The van der Waals surface area contributed by atoms with Gasteiger partial charge in [-0.1, -0.05) is 42.5 Å². The molecular weight excluding hydrogens is 328 g/mol. The Balaban J connectivity index is 2.28. The molecule has 0 spiro atoms. The Labute approximate surface area is 152 Å². The van der Waals surface area contributed by atoms with Crippen LogP contribution in [0.1, 0.15) is 54.4 Å². The molecule has 0 saturated heterocycles. The van der Waals surface area contributed by atoms with E-state index in [0.717, 1.165) is 43.2 Å². The van der Waals surface area contributed by atoms with Gasteiger partial charge < -0.3 is 10.2 Å². The second-order valence-electron chi connectivity index (χ2n) is 7.13. The zero-order valence-electron chi connectivity index (χ0n) is 15.0. The largest absolute Gasteiger partial charge is 0.867 e. The molecule has 6 heteroatoms. The second-order valence-corrected chi connectivity index (χ2v) is 7.13. The van der Waals surface area contributed by atoms with Crippen molar-refractivity contribution in [3.05, 3.63) is 56.5 Å². The van der Waals surface area contributed by atoms with E-state index in [0.29, 0.717) is 11.1 Å². The van der Waals surface area contributed by atoms with Crippen molar-refractivity contribution in [1.29, 1.82) is 10.8 Å².